The molecule has 0 aromatic heterocycles. The lowest BCUT2D eigenvalue weighted by Gasteiger charge is -2.36. The second-order valence-electron chi connectivity index (χ2n) is 6.65. The Balaban J connectivity index is 0.00000208. The average molecular weight is 453 g/mol. The van der Waals surface area contributed by atoms with Gasteiger partial charge in [-0.2, -0.15) is 13.2 Å². The molecule has 134 valence electrons. The van der Waals surface area contributed by atoms with Gasteiger partial charge in [0.1, 0.15) is 0 Å². The number of guanidine groups is 1. The van der Waals surface area contributed by atoms with Crippen molar-refractivity contribution in [3.8, 4) is 0 Å². The number of hydrogen-bond donors (Lipinski definition) is 2. The van der Waals surface area contributed by atoms with Crippen LogP contribution in [0.25, 0.3) is 0 Å². The van der Waals surface area contributed by atoms with Crippen molar-refractivity contribution in [3.05, 3.63) is 35.4 Å². The molecule has 7 heteroatoms. The predicted molar refractivity (Wildman–Crippen MR) is 99.6 cm³/mol. The van der Waals surface area contributed by atoms with E-state index in [4.69, 9.17) is 5.73 Å². The van der Waals surface area contributed by atoms with Gasteiger partial charge in [-0.25, -0.2) is 0 Å². The molecule has 24 heavy (non-hydrogen) atoms. The Morgan fingerprint density at radius 3 is 2.29 bits per heavy atom. The number of aliphatic imine (C=N–C) groups is 1. The minimum atomic E-state index is -4.27. The molecule has 0 saturated heterocycles. The van der Waals surface area contributed by atoms with Crippen LogP contribution in [0.3, 0.4) is 0 Å². The summed E-state index contributed by atoms with van der Waals surface area (Å²) in [6.45, 7) is 0.799. The molecule has 0 unspecified atom stereocenters. The Kier molecular flexibility index (Phi) is 6.39. The van der Waals surface area contributed by atoms with Crippen LogP contribution in [0.2, 0.25) is 0 Å². The first-order valence-electron chi connectivity index (χ1n) is 8.15. The van der Waals surface area contributed by atoms with Crippen LogP contribution in [0, 0.1) is 5.92 Å². The number of nitrogens with zero attached hydrogens (tertiary/aromatic N) is 1. The van der Waals surface area contributed by atoms with Crippen LogP contribution in [0.1, 0.15) is 49.1 Å². The van der Waals surface area contributed by atoms with E-state index < -0.39 is 11.7 Å². The zero-order chi connectivity index (χ0) is 16.4. The number of nitrogens with two attached hydrogens (primary N) is 1. The second-order valence-corrected chi connectivity index (χ2v) is 6.65. The minimum absolute atomic E-state index is 0. The molecule has 1 aromatic rings. The molecule has 0 bridgehead atoms. The number of halogens is 4. The summed E-state index contributed by atoms with van der Waals surface area (Å²) in [6.07, 6.45) is 1.28. The molecular weight excluding hydrogens is 430 g/mol. The van der Waals surface area contributed by atoms with Crippen molar-refractivity contribution in [2.24, 2.45) is 16.6 Å². The molecule has 0 amide bonds. The van der Waals surface area contributed by atoms with Crippen molar-refractivity contribution >= 4 is 29.9 Å². The van der Waals surface area contributed by atoms with Gasteiger partial charge in [0.2, 0.25) is 0 Å². The van der Waals surface area contributed by atoms with Gasteiger partial charge in [0.15, 0.2) is 5.96 Å². The molecule has 0 atom stereocenters. The lowest BCUT2D eigenvalue weighted by atomic mass is 9.76. The minimum Gasteiger partial charge on any atom is -0.370 e. The van der Waals surface area contributed by atoms with Gasteiger partial charge in [-0.3, -0.25) is 4.99 Å². The maximum Gasteiger partial charge on any atom is 0.416 e. The van der Waals surface area contributed by atoms with Crippen LogP contribution >= 0.6 is 24.0 Å². The first-order valence-corrected chi connectivity index (χ1v) is 8.15. The van der Waals surface area contributed by atoms with Gasteiger partial charge in [0, 0.05) is 12.6 Å². The number of benzene rings is 1. The van der Waals surface area contributed by atoms with Gasteiger partial charge < -0.3 is 11.1 Å². The van der Waals surface area contributed by atoms with E-state index in [2.05, 4.69) is 10.3 Å². The molecule has 1 aromatic carbocycles. The highest BCUT2D eigenvalue weighted by Gasteiger charge is 2.33. The van der Waals surface area contributed by atoms with Crippen molar-refractivity contribution in [2.45, 2.75) is 50.2 Å². The first-order chi connectivity index (χ1) is 10.9. The zero-order valence-corrected chi connectivity index (χ0v) is 15.7. The lowest BCUT2D eigenvalue weighted by molar-refractivity contribution is -0.137. The lowest BCUT2D eigenvalue weighted by Crippen LogP contribution is -2.46. The zero-order valence-electron chi connectivity index (χ0n) is 13.4. The summed E-state index contributed by atoms with van der Waals surface area (Å²) in [5.74, 6) is 1.48. The molecule has 2 fully saturated rings. The summed E-state index contributed by atoms with van der Waals surface area (Å²) < 4.78 is 37.6. The van der Waals surface area contributed by atoms with Crippen LogP contribution in [0.15, 0.2) is 29.3 Å². The summed E-state index contributed by atoms with van der Waals surface area (Å²) in [5.41, 5.74) is 6.24. The Bertz CT molecular complexity index is 561. The monoisotopic (exact) mass is 453 g/mol. The molecule has 2 saturated carbocycles. The molecule has 0 radical (unpaired) electrons. The van der Waals surface area contributed by atoms with E-state index in [1.165, 1.54) is 19.3 Å². The van der Waals surface area contributed by atoms with Crippen LogP contribution in [0.4, 0.5) is 13.2 Å². The van der Waals surface area contributed by atoms with Gasteiger partial charge in [-0.1, -0.05) is 18.6 Å². The highest BCUT2D eigenvalue weighted by molar-refractivity contribution is 14.0. The SMILES string of the molecule is I.NC(=NCC1CCC1)NC1CC(c2ccc(C(F)(F)F)cc2)C1. The molecule has 3 N–H and O–H groups in total. The third kappa shape index (κ3) is 4.77. The smallest absolute Gasteiger partial charge is 0.370 e. The second kappa shape index (κ2) is 7.93. The number of alkyl halides is 3. The van der Waals surface area contributed by atoms with Crippen LogP contribution < -0.4 is 11.1 Å². The van der Waals surface area contributed by atoms with Crippen LogP contribution in [0.5, 0.6) is 0 Å². The van der Waals surface area contributed by atoms with Gasteiger partial charge in [-0.15, -0.1) is 24.0 Å². The molecule has 0 spiro atoms. The molecule has 2 aliphatic carbocycles. The van der Waals surface area contributed by atoms with E-state index in [0.717, 1.165) is 37.1 Å². The van der Waals surface area contributed by atoms with Gasteiger partial charge in [0.05, 0.1) is 5.56 Å². The van der Waals surface area contributed by atoms with Gasteiger partial charge >= 0.3 is 6.18 Å². The maximum atomic E-state index is 12.5. The topological polar surface area (TPSA) is 50.4 Å². The summed E-state index contributed by atoms with van der Waals surface area (Å²) in [7, 11) is 0. The summed E-state index contributed by atoms with van der Waals surface area (Å²) in [4.78, 5) is 4.36. The van der Waals surface area contributed by atoms with Crippen molar-refractivity contribution in [3.63, 3.8) is 0 Å². The number of hydrogen-bond acceptors (Lipinski definition) is 1. The van der Waals surface area contributed by atoms with Crippen molar-refractivity contribution in [2.75, 3.05) is 6.54 Å². The number of rotatable bonds is 4. The standard InChI is InChI=1S/C17H22F3N3.HI/c18-17(19,20)14-6-4-12(5-7-14)13-8-15(9-13)23-16(21)22-10-11-2-1-3-11;/h4-7,11,13,15H,1-3,8-10H2,(H3,21,22,23);1H. The van der Waals surface area contributed by atoms with Gasteiger partial charge in [-0.05, 0) is 55.2 Å². The number of nitrogens with one attached hydrogen (secondary N) is 1. The molecular formula is C17H23F3IN3. The van der Waals surface area contributed by atoms with Crippen LogP contribution in [-0.2, 0) is 6.18 Å². The fourth-order valence-corrected chi connectivity index (χ4v) is 3.11. The third-order valence-corrected chi connectivity index (χ3v) is 4.94. The fourth-order valence-electron chi connectivity index (χ4n) is 3.11. The van der Waals surface area contributed by atoms with E-state index in [1.54, 1.807) is 12.1 Å². The summed E-state index contributed by atoms with van der Waals surface area (Å²) in [5, 5.41) is 3.20. The Hall–Kier alpha value is -0.990. The van der Waals surface area contributed by atoms with E-state index in [-0.39, 0.29) is 30.0 Å². The van der Waals surface area contributed by atoms with Crippen molar-refractivity contribution in [1.29, 1.82) is 0 Å². The largest absolute Gasteiger partial charge is 0.416 e. The third-order valence-electron chi connectivity index (χ3n) is 4.94. The average Bonchev–Trinajstić information content (AvgIpc) is 2.40. The van der Waals surface area contributed by atoms with Crippen molar-refractivity contribution < 1.29 is 13.2 Å². The van der Waals surface area contributed by atoms with Gasteiger partial charge in [0.25, 0.3) is 0 Å². The molecule has 3 nitrogen and oxygen atoms in total. The maximum absolute atomic E-state index is 12.5. The predicted octanol–water partition coefficient (Wildman–Crippen LogP) is 4.27. The fraction of sp³-hybridized carbons (Fsp3) is 0.588. The highest BCUT2D eigenvalue weighted by Crippen LogP contribution is 2.38. The summed E-state index contributed by atoms with van der Waals surface area (Å²) >= 11 is 0. The Morgan fingerprint density at radius 1 is 1.17 bits per heavy atom. The quantitative estimate of drug-likeness (QED) is 0.407. The Labute approximate surface area is 157 Å². The van der Waals surface area contributed by atoms with Crippen LogP contribution in [-0.4, -0.2) is 18.5 Å². The molecule has 0 heterocycles. The highest BCUT2D eigenvalue weighted by atomic mass is 127. The van der Waals surface area contributed by atoms with E-state index >= 15 is 0 Å². The van der Waals surface area contributed by atoms with E-state index in [0.29, 0.717) is 17.8 Å². The van der Waals surface area contributed by atoms with Crippen molar-refractivity contribution in [1.82, 2.24) is 5.32 Å². The summed E-state index contributed by atoms with van der Waals surface area (Å²) in [6, 6.07) is 5.75. The normalized spacial score (nSPS) is 24.5. The molecule has 3 rings (SSSR count). The molecule has 0 aliphatic heterocycles. The first kappa shape index (κ1) is 19.3. The Morgan fingerprint density at radius 2 is 1.79 bits per heavy atom. The van der Waals surface area contributed by atoms with E-state index in [9.17, 15) is 13.2 Å². The van der Waals surface area contributed by atoms with E-state index in [1.807, 2.05) is 0 Å². The molecule has 2 aliphatic rings.